The molecule has 1 aromatic carbocycles. The van der Waals surface area contributed by atoms with Crippen LogP contribution >= 0.6 is 27.5 Å². The van der Waals surface area contributed by atoms with Gasteiger partial charge in [-0.25, -0.2) is 4.79 Å². The van der Waals surface area contributed by atoms with E-state index in [4.69, 9.17) is 21.1 Å². The third kappa shape index (κ3) is 7.83. The van der Waals surface area contributed by atoms with Gasteiger partial charge in [-0.05, 0) is 55.6 Å². The largest absolute Gasteiger partial charge is 0.495 e. The summed E-state index contributed by atoms with van der Waals surface area (Å²) in [5.41, 5.74) is -0.0152. The van der Waals surface area contributed by atoms with Gasteiger partial charge in [0.05, 0.1) is 22.3 Å². The quantitative estimate of drug-likeness (QED) is 0.589. The average Bonchev–Trinajstić information content (AvgIpc) is 2.52. The molecule has 0 spiro atoms. The molecular formula is C18H26BrClN2O4. The highest BCUT2D eigenvalue weighted by Gasteiger charge is 2.19. The van der Waals surface area contributed by atoms with E-state index in [2.05, 4.69) is 21.2 Å². The minimum Gasteiger partial charge on any atom is -0.495 e. The summed E-state index contributed by atoms with van der Waals surface area (Å²) in [6.07, 6.45) is 1.30. The Bertz CT molecular complexity index is 647. The first-order chi connectivity index (χ1) is 12.0. The summed E-state index contributed by atoms with van der Waals surface area (Å²) >= 11 is 9.47. The van der Waals surface area contributed by atoms with Gasteiger partial charge >= 0.3 is 6.09 Å². The maximum atomic E-state index is 12.1. The lowest BCUT2D eigenvalue weighted by molar-refractivity contribution is -0.116. The summed E-state index contributed by atoms with van der Waals surface area (Å²) in [5, 5.41) is 3.20. The third-order valence-corrected chi connectivity index (χ3v) is 4.30. The van der Waals surface area contributed by atoms with Gasteiger partial charge in [0.2, 0.25) is 5.91 Å². The Kier molecular flexibility index (Phi) is 8.70. The van der Waals surface area contributed by atoms with Crippen LogP contribution in [-0.2, 0) is 9.53 Å². The number of amides is 2. The smallest absolute Gasteiger partial charge is 0.410 e. The molecule has 0 saturated heterocycles. The summed E-state index contributed by atoms with van der Waals surface area (Å²) < 4.78 is 11.2. The lowest BCUT2D eigenvalue weighted by Crippen LogP contribution is -2.34. The molecule has 0 aliphatic carbocycles. The summed E-state index contributed by atoms with van der Waals surface area (Å²) in [4.78, 5) is 25.4. The van der Waals surface area contributed by atoms with Crippen molar-refractivity contribution in [3.63, 3.8) is 0 Å². The van der Waals surface area contributed by atoms with Crippen LogP contribution in [0.3, 0.4) is 0 Å². The fraction of sp³-hybridized carbons (Fsp3) is 0.556. The number of carbonyl (C=O) groups excluding carboxylic acids is 2. The predicted octanol–water partition coefficient (Wildman–Crippen LogP) is 5.09. The van der Waals surface area contributed by atoms with Crippen LogP contribution in [0.5, 0.6) is 5.75 Å². The molecule has 0 aliphatic rings. The Balaban J connectivity index is 2.41. The van der Waals surface area contributed by atoms with Crippen molar-refractivity contribution >= 4 is 45.2 Å². The normalized spacial score (nSPS) is 11.0. The van der Waals surface area contributed by atoms with E-state index < -0.39 is 5.60 Å². The summed E-state index contributed by atoms with van der Waals surface area (Å²) in [6, 6.07) is 3.34. The molecule has 0 bridgehead atoms. The summed E-state index contributed by atoms with van der Waals surface area (Å²) in [5.74, 6) is 0.444. The molecule has 146 valence electrons. The first-order valence-corrected chi connectivity index (χ1v) is 9.47. The molecule has 1 rings (SSSR count). The van der Waals surface area contributed by atoms with Gasteiger partial charge in [0, 0.05) is 26.1 Å². The molecule has 0 aromatic heterocycles. The number of nitrogens with one attached hydrogen (secondary N) is 1. The van der Waals surface area contributed by atoms with Crippen LogP contribution in [0.15, 0.2) is 16.6 Å². The number of halogens is 2. The maximum Gasteiger partial charge on any atom is 0.410 e. The fourth-order valence-corrected chi connectivity index (χ4v) is 2.91. The lowest BCUT2D eigenvalue weighted by atomic mass is 10.2. The fourth-order valence-electron chi connectivity index (χ4n) is 2.06. The van der Waals surface area contributed by atoms with Crippen molar-refractivity contribution in [1.29, 1.82) is 0 Å². The van der Waals surface area contributed by atoms with Gasteiger partial charge in [-0.1, -0.05) is 11.6 Å². The van der Waals surface area contributed by atoms with Gasteiger partial charge in [0.25, 0.3) is 0 Å². The number of ether oxygens (including phenoxy) is 2. The number of rotatable bonds is 7. The maximum absolute atomic E-state index is 12.1. The zero-order valence-corrected chi connectivity index (χ0v) is 18.2. The van der Waals surface area contributed by atoms with Crippen molar-refractivity contribution in [1.82, 2.24) is 4.90 Å². The van der Waals surface area contributed by atoms with Gasteiger partial charge in [-0.2, -0.15) is 0 Å². The first-order valence-electron chi connectivity index (χ1n) is 8.30. The van der Waals surface area contributed by atoms with Crippen LogP contribution in [0.2, 0.25) is 5.02 Å². The molecule has 2 amide bonds. The number of benzene rings is 1. The highest BCUT2D eigenvalue weighted by molar-refractivity contribution is 9.10. The molecule has 0 unspecified atom stereocenters. The van der Waals surface area contributed by atoms with Crippen molar-refractivity contribution in [3.05, 3.63) is 21.6 Å². The molecular weight excluding hydrogens is 424 g/mol. The van der Waals surface area contributed by atoms with Crippen LogP contribution in [0.1, 0.15) is 40.0 Å². The van der Waals surface area contributed by atoms with Crippen molar-refractivity contribution in [3.8, 4) is 5.75 Å². The van der Waals surface area contributed by atoms with Crippen LogP contribution in [0.4, 0.5) is 10.5 Å². The van der Waals surface area contributed by atoms with Crippen molar-refractivity contribution in [2.24, 2.45) is 0 Å². The zero-order valence-electron chi connectivity index (χ0n) is 15.8. The van der Waals surface area contributed by atoms with Crippen LogP contribution in [0, 0.1) is 0 Å². The molecule has 1 N–H and O–H groups in total. The monoisotopic (exact) mass is 448 g/mol. The molecule has 26 heavy (non-hydrogen) atoms. The van der Waals surface area contributed by atoms with Crippen molar-refractivity contribution in [2.75, 3.05) is 26.0 Å². The number of methoxy groups -OCH3 is 1. The molecule has 1 aromatic rings. The highest BCUT2D eigenvalue weighted by Crippen LogP contribution is 2.34. The molecule has 0 fully saturated rings. The SMILES string of the molecule is COc1cc(NC(=O)CCCCN(C)C(=O)OC(C)(C)C)c(Cl)cc1Br. The Hall–Kier alpha value is -1.47. The zero-order chi connectivity index (χ0) is 19.9. The summed E-state index contributed by atoms with van der Waals surface area (Å²) in [7, 11) is 3.22. The second-order valence-corrected chi connectivity index (χ2v) is 8.14. The molecule has 0 atom stereocenters. The molecule has 6 nitrogen and oxygen atoms in total. The van der Waals surface area contributed by atoms with Crippen LogP contribution in [0.25, 0.3) is 0 Å². The van der Waals surface area contributed by atoms with E-state index >= 15 is 0 Å². The Morgan fingerprint density at radius 2 is 1.92 bits per heavy atom. The topological polar surface area (TPSA) is 67.9 Å². The van der Waals surface area contributed by atoms with Gasteiger partial charge in [-0.3, -0.25) is 4.79 Å². The first kappa shape index (κ1) is 22.6. The van der Waals surface area contributed by atoms with Gasteiger partial charge in [0.1, 0.15) is 11.4 Å². The summed E-state index contributed by atoms with van der Waals surface area (Å²) in [6.45, 7) is 6.00. The Morgan fingerprint density at radius 1 is 1.27 bits per heavy atom. The molecule has 0 radical (unpaired) electrons. The standard InChI is InChI=1S/C18H26BrClN2O4/c1-18(2,3)26-17(24)22(4)9-7-6-8-16(23)21-14-11-15(25-5)12(19)10-13(14)20/h10-11H,6-9H2,1-5H3,(H,21,23). The van der Waals surface area contributed by atoms with E-state index in [0.29, 0.717) is 46.7 Å². The minimum absolute atomic E-state index is 0.142. The molecule has 8 heteroatoms. The molecule has 0 saturated carbocycles. The van der Waals surface area contributed by atoms with E-state index in [1.807, 2.05) is 20.8 Å². The van der Waals surface area contributed by atoms with Crippen molar-refractivity contribution in [2.45, 2.75) is 45.6 Å². The average molecular weight is 450 g/mol. The minimum atomic E-state index is -0.518. The number of hydrogen-bond acceptors (Lipinski definition) is 4. The van der Waals surface area contributed by atoms with E-state index in [1.165, 1.54) is 4.90 Å². The molecule has 0 heterocycles. The third-order valence-electron chi connectivity index (χ3n) is 3.37. The second kappa shape index (κ2) is 10.0. The van der Waals surface area contributed by atoms with Gasteiger partial charge in [0.15, 0.2) is 0 Å². The number of carbonyl (C=O) groups is 2. The number of hydrogen-bond donors (Lipinski definition) is 1. The van der Waals surface area contributed by atoms with Crippen molar-refractivity contribution < 1.29 is 19.1 Å². The van der Waals surface area contributed by atoms with Crippen LogP contribution in [-0.4, -0.2) is 43.2 Å². The number of nitrogens with zero attached hydrogens (tertiary/aromatic N) is 1. The van der Waals surface area contributed by atoms with E-state index in [9.17, 15) is 9.59 Å². The lowest BCUT2D eigenvalue weighted by Gasteiger charge is -2.24. The predicted molar refractivity (Wildman–Crippen MR) is 107 cm³/mol. The van der Waals surface area contributed by atoms with Gasteiger partial charge < -0.3 is 19.7 Å². The van der Waals surface area contributed by atoms with Crippen LogP contribution < -0.4 is 10.1 Å². The Labute approximate surface area is 168 Å². The number of anilines is 1. The molecule has 0 aliphatic heterocycles. The Morgan fingerprint density at radius 3 is 2.50 bits per heavy atom. The van der Waals surface area contributed by atoms with Gasteiger partial charge in [-0.15, -0.1) is 0 Å². The highest BCUT2D eigenvalue weighted by atomic mass is 79.9. The van der Waals surface area contributed by atoms with E-state index in [1.54, 1.807) is 26.3 Å². The van der Waals surface area contributed by atoms with E-state index in [-0.39, 0.29) is 12.0 Å². The number of unbranched alkanes of at least 4 members (excludes halogenated alkanes) is 1. The second-order valence-electron chi connectivity index (χ2n) is 6.87. The van der Waals surface area contributed by atoms with E-state index in [0.717, 1.165) is 0 Å².